The summed E-state index contributed by atoms with van der Waals surface area (Å²) in [7, 11) is 0. The van der Waals surface area contributed by atoms with Crippen LogP contribution < -0.4 is 0 Å². The van der Waals surface area contributed by atoms with Crippen molar-refractivity contribution in [3.05, 3.63) is 0 Å². The van der Waals surface area contributed by atoms with E-state index >= 15 is 0 Å². The Morgan fingerprint density at radius 2 is 1.00 bits per heavy atom. The molecular formula is C16H34. The molecule has 0 aromatic carbocycles. The van der Waals surface area contributed by atoms with Gasteiger partial charge in [0.05, 0.1) is 0 Å². The van der Waals surface area contributed by atoms with Crippen molar-refractivity contribution in [3.63, 3.8) is 0 Å². The summed E-state index contributed by atoms with van der Waals surface area (Å²) in [6, 6.07) is 0. The molecule has 16 heavy (non-hydrogen) atoms. The van der Waals surface area contributed by atoms with Gasteiger partial charge in [-0.25, -0.2) is 0 Å². The fourth-order valence-electron chi connectivity index (χ4n) is 2.56. The first kappa shape index (κ1) is 16.0. The first-order valence-electron chi connectivity index (χ1n) is 7.85. The van der Waals surface area contributed by atoms with Crippen LogP contribution in [0.4, 0.5) is 0 Å². The van der Waals surface area contributed by atoms with Crippen molar-refractivity contribution in [1.29, 1.82) is 0 Å². The lowest BCUT2D eigenvalue weighted by Gasteiger charge is -2.15. The molecule has 0 amide bonds. The van der Waals surface area contributed by atoms with Gasteiger partial charge in [-0.2, -0.15) is 0 Å². The molecule has 0 fully saturated rings. The molecule has 0 radical (unpaired) electrons. The highest BCUT2D eigenvalue weighted by Crippen LogP contribution is 2.22. The van der Waals surface area contributed by atoms with Gasteiger partial charge in [-0.05, 0) is 5.92 Å². The van der Waals surface area contributed by atoms with Gasteiger partial charge in [-0.15, -0.1) is 0 Å². The van der Waals surface area contributed by atoms with E-state index in [0.717, 1.165) is 5.92 Å². The average molecular weight is 226 g/mol. The zero-order chi connectivity index (χ0) is 12.1. The van der Waals surface area contributed by atoms with Crippen LogP contribution in [-0.2, 0) is 0 Å². The minimum atomic E-state index is 1.04. The second-order valence-electron chi connectivity index (χ2n) is 5.35. The van der Waals surface area contributed by atoms with E-state index in [0.29, 0.717) is 0 Å². The number of hydrogen-bond donors (Lipinski definition) is 0. The zero-order valence-corrected chi connectivity index (χ0v) is 12.1. The van der Waals surface area contributed by atoms with Crippen molar-refractivity contribution in [2.75, 3.05) is 0 Å². The predicted molar refractivity (Wildman–Crippen MR) is 75.9 cm³/mol. The monoisotopic (exact) mass is 226 g/mol. The topological polar surface area (TPSA) is 0 Å². The summed E-state index contributed by atoms with van der Waals surface area (Å²) in [4.78, 5) is 0. The van der Waals surface area contributed by atoms with Crippen LogP contribution >= 0.6 is 0 Å². The Labute approximate surface area is 104 Å². The standard InChI is InChI=1S/C16H34/c1-4-7-9-11-14-16(13-6-3)15-12-10-8-5-2/h16H,4-15H2,1-3H3. The van der Waals surface area contributed by atoms with Crippen LogP contribution in [0.15, 0.2) is 0 Å². The summed E-state index contributed by atoms with van der Waals surface area (Å²) in [6.45, 7) is 6.94. The van der Waals surface area contributed by atoms with Gasteiger partial charge in [0.1, 0.15) is 0 Å². The van der Waals surface area contributed by atoms with E-state index in [1.807, 2.05) is 0 Å². The lowest BCUT2D eigenvalue weighted by molar-refractivity contribution is 0.379. The second kappa shape index (κ2) is 13.1. The van der Waals surface area contributed by atoms with Crippen LogP contribution in [0.3, 0.4) is 0 Å². The molecule has 0 rings (SSSR count). The summed E-state index contributed by atoms with van der Waals surface area (Å²) in [5, 5.41) is 0. The third-order valence-corrected chi connectivity index (χ3v) is 3.63. The molecule has 0 saturated carbocycles. The third-order valence-electron chi connectivity index (χ3n) is 3.63. The molecule has 0 atom stereocenters. The first-order valence-corrected chi connectivity index (χ1v) is 7.85. The fourth-order valence-corrected chi connectivity index (χ4v) is 2.56. The Kier molecular flexibility index (Phi) is 13.1. The minimum Gasteiger partial charge on any atom is -0.0654 e. The SMILES string of the molecule is CCCCCCC(CCC)CCCCCC. The number of hydrogen-bond acceptors (Lipinski definition) is 0. The minimum absolute atomic E-state index is 1.04. The normalized spacial score (nSPS) is 11.2. The van der Waals surface area contributed by atoms with Gasteiger partial charge in [-0.3, -0.25) is 0 Å². The van der Waals surface area contributed by atoms with Crippen LogP contribution in [-0.4, -0.2) is 0 Å². The predicted octanol–water partition coefficient (Wildman–Crippen LogP) is 6.34. The molecule has 0 nitrogen and oxygen atoms in total. The smallest absolute Gasteiger partial charge is 0.0414 e. The Balaban J connectivity index is 3.45. The number of unbranched alkanes of at least 4 members (excludes halogenated alkanes) is 6. The summed E-state index contributed by atoms with van der Waals surface area (Å²) >= 11 is 0. The van der Waals surface area contributed by atoms with E-state index in [2.05, 4.69) is 20.8 Å². The molecule has 0 N–H and O–H groups in total. The van der Waals surface area contributed by atoms with Crippen LogP contribution in [0, 0.1) is 5.92 Å². The highest BCUT2D eigenvalue weighted by molar-refractivity contribution is 4.60. The Morgan fingerprint density at radius 3 is 1.38 bits per heavy atom. The van der Waals surface area contributed by atoms with Gasteiger partial charge in [0.25, 0.3) is 0 Å². The highest BCUT2D eigenvalue weighted by atomic mass is 14.1. The van der Waals surface area contributed by atoms with Crippen molar-refractivity contribution < 1.29 is 0 Å². The van der Waals surface area contributed by atoms with Gasteiger partial charge < -0.3 is 0 Å². The lowest BCUT2D eigenvalue weighted by atomic mass is 9.91. The number of rotatable bonds is 12. The van der Waals surface area contributed by atoms with Crippen LogP contribution in [0.2, 0.25) is 0 Å². The Hall–Kier alpha value is 0. The van der Waals surface area contributed by atoms with Crippen molar-refractivity contribution in [2.24, 2.45) is 5.92 Å². The van der Waals surface area contributed by atoms with Gasteiger partial charge >= 0.3 is 0 Å². The maximum atomic E-state index is 2.34. The average Bonchev–Trinajstić information content (AvgIpc) is 2.30. The quantitative estimate of drug-likeness (QED) is 0.340. The third kappa shape index (κ3) is 10.5. The molecule has 0 aliphatic rings. The van der Waals surface area contributed by atoms with Crippen LogP contribution in [0.25, 0.3) is 0 Å². The molecule has 0 unspecified atom stereocenters. The first-order chi connectivity index (χ1) is 7.85. The largest absolute Gasteiger partial charge is 0.0654 e. The van der Waals surface area contributed by atoms with Crippen LogP contribution in [0.5, 0.6) is 0 Å². The van der Waals surface area contributed by atoms with E-state index in [4.69, 9.17) is 0 Å². The van der Waals surface area contributed by atoms with E-state index < -0.39 is 0 Å². The molecule has 0 aromatic heterocycles. The van der Waals surface area contributed by atoms with Gasteiger partial charge in [-0.1, -0.05) is 97.8 Å². The molecule has 0 aliphatic heterocycles. The van der Waals surface area contributed by atoms with Crippen molar-refractivity contribution in [1.82, 2.24) is 0 Å². The maximum absolute atomic E-state index is 2.34. The maximum Gasteiger partial charge on any atom is -0.0414 e. The molecule has 0 spiro atoms. The molecule has 0 aliphatic carbocycles. The Bertz CT molecular complexity index is 105. The van der Waals surface area contributed by atoms with E-state index in [-0.39, 0.29) is 0 Å². The van der Waals surface area contributed by atoms with E-state index in [1.54, 1.807) is 0 Å². The van der Waals surface area contributed by atoms with Gasteiger partial charge in [0.15, 0.2) is 0 Å². The van der Waals surface area contributed by atoms with Gasteiger partial charge in [0, 0.05) is 0 Å². The lowest BCUT2D eigenvalue weighted by Crippen LogP contribution is -2.00. The molecule has 0 bridgehead atoms. The van der Waals surface area contributed by atoms with E-state index in [1.165, 1.54) is 77.0 Å². The van der Waals surface area contributed by atoms with Crippen LogP contribution in [0.1, 0.15) is 97.8 Å². The summed E-state index contributed by atoms with van der Waals surface area (Å²) in [5.41, 5.74) is 0. The zero-order valence-electron chi connectivity index (χ0n) is 12.1. The van der Waals surface area contributed by atoms with Crippen molar-refractivity contribution in [3.8, 4) is 0 Å². The molecule has 0 heterocycles. The molecule has 0 saturated heterocycles. The summed E-state index contributed by atoms with van der Waals surface area (Å²) in [5.74, 6) is 1.04. The molecule has 98 valence electrons. The second-order valence-corrected chi connectivity index (χ2v) is 5.35. The Morgan fingerprint density at radius 1 is 0.500 bits per heavy atom. The van der Waals surface area contributed by atoms with Crippen molar-refractivity contribution in [2.45, 2.75) is 97.8 Å². The van der Waals surface area contributed by atoms with Gasteiger partial charge in [0.2, 0.25) is 0 Å². The highest BCUT2D eigenvalue weighted by Gasteiger charge is 2.06. The van der Waals surface area contributed by atoms with Crippen molar-refractivity contribution >= 4 is 0 Å². The summed E-state index contributed by atoms with van der Waals surface area (Å²) < 4.78 is 0. The van der Waals surface area contributed by atoms with E-state index in [9.17, 15) is 0 Å². The fraction of sp³-hybridized carbons (Fsp3) is 1.00. The molecule has 0 heteroatoms. The molecule has 0 aromatic rings. The molecular weight excluding hydrogens is 192 g/mol. The summed E-state index contributed by atoms with van der Waals surface area (Å²) in [6.07, 6.45) is 17.4.